The Morgan fingerprint density at radius 1 is 1.12 bits per heavy atom. The molecule has 0 aliphatic heterocycles. The molecule has 3 aromatic rings. The van der Waals surface area contributed by atoms with Crippen LogP contribution in [0.5, 0.6) is 5.75 Å². The van der Waals surface area contributed by atoms with Crippen molar-refractivity contribution in [1.82, 2.24) is 10.9 Å². The number of aryl methyl sites for hydroxylation is 1. The molecule has 0 unspecified atom stereocenters. The number of furan rings is 1. The van der Waals surface area contributed by atoms with E-state index in [9.17, 15) is 9.59 Å². The highest BCUT2D eigenvalue weighted by atomic mass is 35.5. The number of hydrazine groups is 1. The summed E-state index contributed by atoms with van der Waals surface area (Å²) in [5.74, 6) is -0.260. The summed E-state index contributed by atoms with van der Waals surface area (Å²) < 4.78 is 11.1. The SMILES string of the molecule is CCOc1ccc2oc(C(=O)NNC(=O)c3ccccc3Cl)c(C)c2c1. The molecular formula is C19H17ClN2O4. The van der Waals surface area contributed by atoms with Crippen LogP contribution in [0, 0.1) is 6.92 Å². The number of carbonyl (C=O) groups is 2. The van der Waals surface area contributed by atoms with Gasteiger partial charge in [0.25, 0.3) is 5.91 Å². The Kier molecular flexibility index (Phi) is 5.14. The molecular weight excluding hydrogens is 356 g/mol. The Morgan fingerprint density at radius 2 is 1.85 bits per heavy atom. The Balaban J connectivity index is 1.76. The predicted molar refractivity (Wildman–Crippen MR) is 98.5 cm³/mol. The van der Waals surface area contributed by atoms with E-state index in [1.807, 2.05) is 13.0 Å². The van der Waals surface area contributed by atoms with Gasteiger partial charge in [0.2, 0.25) is 0 Å². The lowest BCUT2D eigenvalue weighted by molar-refractivity contribution is 0.0831. The molecule has 0 radical (unpaired) electrons. The minimum atomic E-state index is -0.558. The van der Waals surface area contributed by atoms with Gasteiger partial charge in [0.15, 0.2) is 5.76 Å². The van der Waals surface area contributed by atoms with E-state index in [1.165, 1.54) is 0 Å². The number of rotatable bonds is 4. The number of hydrogen-bond donors (Lipinski definition) is 2. The summed E-state index contributed by atoms with van der Waals surface area (Å²) in [5.41, 5.74) is 6.16. The average Bonchev–Trinajstić information content (AvgIpc) is 2.97. The quantitative estimate of drug-likeness (QED) is 0.681. The van der Waals surface area contributed by atoms with Gasteiger partial charge in [-0.2, -0.15) is 0 Å². The smallest absolute Gasteiger partial charge is 0.305 e. The van der Waals surface area contributed by atoms with Crippen LogP contribution in [0.4, 0.5) is 0 Å². The summed E-state index contributed by atoms with van der Waals surface area (Å²) in [6.45, 7) is 4.21. The first-order chi connectivity index (χ1) is 12.5. The molecule has 7 heteroatoms. The maximum atomic E-state index is 12.4. The highest BCUT2D eigenvalue weighted by molar-refractivity contribution is 6.33. The summed E-state index contributed by atoms with van der Waals surface area (Å²) >= 11 is 5.97. The highest BCUT2D eigenvalue weighted by Gasteiger charge is 2.19. The predicted octanol–water partition coefficient (Wildman–Crippen LogP) is 3.87. The number of amides is 2. The lowest BCUT2D eigenvalue weighted by Gasteiger charge is -2.07. The zero-order chi connectivity index (χ0) is 18.7. The summed E-state index contributed by atoms with van der Waals surface area (Å²) in [6, 6.07) is 11.9. The van der Waals surface area contributed by atoms with E-state index in [0.29, 0.717) is 28.5 Å². The number of ether oxygens (including phenoxy) is 1. The van der Waals surface area contributed by atoms with Crippen LogP contribution in [0.15, 0.2) is 46.9 Å². The number of fused-ring (bicyclic) bond motifs is 1. The Bertz CT molecular complexity index is 981. The second-order valence-corrected chi connectivity index (χ2v) is 5.94. The molecule has 0 bridgehead atoms. The molecule has 1 heterocycles. The van der Waals surface area contributed by atoms with Crippen molar-refractivity contribution < 1.29 is 18.7 Å². The Hall–Kier alpha value is -2.99. The van der Waals surface area contributed by atoms with Crippen molar-refractivity contribution >= 4 is 34.4 Å². The molecule has 0 saturated carbocycles. The highest BCUT2D eigenvalue weighted by Crippen LogP contribution is 2.28. The van der Waals surface area contributed by atoms with Gasteiger partial charge in [-0.05, 0) is 44.2 Å². The first-order valence-electron chi connectivity index (χ1n) is 8.02. The van der Waals surface area contributed by atoms with Crippen molar-refractivity contribution in [3.05, 3.63) is 64.4 Å². The van der Waals surface area contributed by atoms with E-state index in [0.717, 1.165) is 5.39 Å². The van der Waals surface area contributed by atoms with Gasteiger partial charge in [-0.15, -0.1) is 0 Å². The van der Waals surface area contributed by atoms with Crippen molar-refractivity contribution in [2.24, 2.45) is 0 Å². The molecule has 0 aliphatic rings. The summed E-state index contributed by atoms with van der Waals surface area (Å²) in [5, 5.41) is 1.07. The molecule has 134 valence electrons. The van der Waals surface area contributed by atoms with Crippen LogP contribution < -0.4 is 15.6 Å². The van der Waals surface area contributed by atoms with Crippen molar-refractivity contribution in [2.45, 2.75) is 13.8 Å². The summed E-state index contributed by atoms with van der Waals surface area (Å²) in [7, 11) is 0. The molecule has 0 spiro atoms. The topological polar surface area (TPSA) is 80.6 Å². The molecule has 1 aromatic heterocycles. The molecule has 0 saturated heterocycles. The fraction of sp³-hybridized carbons (Fsp3) is 0.158. The lowest BCUT2D eigenvalue weighted by Crippen LogP contribution is -2.41. The van der Waals surface area contributed by atoms with Crippen LogP contribution in [0.1, 0.15) is 33.4 Å². The number of carbonyl (C=O) groups excluding carboxylic acids is 2. The van der Waals surface area contributed by atoms with E-state index in [2.05, 4.69) is 10.9 Å². The molecule has 26 heavy (non-hydrogen) atoms. The first-order valence-corrected chi connectivity index (χ1v) is 8.40. The van der Waals surface area contributed by atoms with E-state index < -0.39 is 11.8 Å². The average molecular weight is 373 g/mol. The van der Waals surface area contributed by atoms with E-state index >= 15 is 0 Å². The summed E-state index contributed by atoms with van der Waals surface area (Å²) in [6.07, 6.45) is 0. The second-order valence-electron chi connectivity index (χ2n) is 5.54. The molecule has 2 N–H and O–H groups in total. The molecule has 2 amide bonds. The van der Waals surface area contributed by atoms with Gasteiger partial charge in [-0.3, -0.25) is 20.4 Å². The number of hydrogen-bond acceptors (Lipinski definition) is 4. The minimum Gasteiger partial charge on any atom is -0.494 e. The molecule has 3 rings (SSSR count). The van der Waals surface area contributed by atoms with E-state index in [-0.39, 0.29) is 11.3 Å². The van der Waals surface area contributed by atoms with Crippen molar-refractivity contribution in [3.63, 3.8) is 0 Å². The van der Waals surface area contributed by atoms with Crippen LogP contribution in [-0.4, -0.2) is 18.4 Å². The number of benzene rings is 2. The molecule has 6 nitrogen and oxygen atoms in total. The van der Waals surface area contributed by atoms with Crippen LogP contribution >= 0.6 is 11.6 Å². The van der Waals surface area contributed by atoms with Crippen molar-refractivity contribution in [1.29, 1.82) is 0 Å². The van der Waals surface area contributed by atoms with Gasteiger partial charge in [0.05, 0.1) is 17.2 Å². The number of halogens is 1. The molecule has 0 aliphatic carbocycles. The maximum absolute atomic E-state index is 12.4. The van der Waals surface area contributed by atoms with Crippen LogP contribution in [0.2, 0.25) is 5.02 Å². The van der Waals surface area contributed by atoms with Crippen molar-refractivity contribution in [2.75, 3.05) is 6.61 Å². The maximum Gasteiger partial charge on any atom is 0.305 e. The van der Waals surface area contributed by atoms with Gasteiger partial charge >= 0.3 is 5.91 Å². The molecule has 2 aromatic carbocycles. The van der Waals surface area contributed by atoms with E-state index in [4.69, 9.17) is 20.8 Å². The minimum absolute atomic E-state index is 0.119. The zero-order valence-corrected chi connectivity index (χ0v) is 15.0. The number of nitrogens with one attached hydrogen (secondary N) is 2. The van der Waals surface area contributed by atoms with Gasteiger partial charge in [-0.25, -0.2) is 0 Å². The van der Waals surface area contributed by atoms with E-state index in [1.54, 1.807) is 43.3 Å². The Labute approximate surface area is 155 Å². The van der Waals surface area contributed by atoms with Gasteiger partial charge < -0.3 is 9.15 Å². The fourth-order valence-electron chi connectivity index (χ4n) is 2.56. The second kappa shape index (κ2) is 7.49. The van der Waals surface area contributed by atoms with Gasteiger partial charge in [-0.1, -0.05) is 23.7 Å². The monoisotopic (exact) mass is 372 g/mol. The molecule has 0 fully saturated rings. The van der Waals surface area contributed by atoms with Crippen LogP contribution in [0.25, 0.3) is 11.0 Å². The third kappa shape index (κ3) is 3.50. The summed E-state index contributed by atoms with van der Waals surface area (Å²) in [4.78, 5) is 24.5. The molecule has 0 atom stereocenters. The third-order valence-electron chi connectivity index (χ3n) is 3.83. The fourth-order valence-corrected chi connectivity index (χ4v) is 2.78. The lowest BCUT2D eigenvalue weighted by atomic mass is 10.1. The Morgan fingerprint density at radius 3 is 2.58 bits per heavy atom. The van der Waals surface area contributed by atoms with Crippen LogP contribution in [-0.2, 0) is 0 Å². The van der Waals surface area contributed by atoms with Gasteiger partial charge in [0, 0.05) is 10.9 Å². The largest absolute Gasteiger partial charge is 0.494 e. The normalized spacial score (nSPS) is 10.6. The standard InChI is InChI=1S/C19H17ClN2O4/c1-3-25-12-8-9-16-14(10-12)11(2)17(26-16)19(24)22-21-18(23)13-6-4-5-7-15(13)20/h4-10H,3H2,1-2H3,(H,21,23)(H,22,24). The van der Waals surface area contributed by atoms with Crippen molar-refractivity contribution in [3.8, 4) is 5.75 Å². The third-order valence-corrected chi connectivity index (χ3v) is 4.16. The van der Waals surface area contributed by atoms with Gasteiger partial charge in [0.1, 0.15) is 11.3 Å². The first kappa shape index (κ1) is 17.8. The van der Waals surface area contributed by atoms with Crippen LogP contribution in [0.3, 0.4) is 0 Å². The zero-order valence-electron chi connectivity index (χ0n) is 14.3.